The van der Waals surface area contributed by atoms with E-state index in [0.717, 1.165) is 29.8 Å². The van der Waals surface area contributed by atoms with Crippen LogP contribution >= 0.6 is 0 Å². The summed E-state index contributed by atoms with van der Waals surface area (Å²) in [5, 5.41) is 2.85. The van der Waals surface area contributed by atoms with Crippen molar-refractivity contribution in [3.63, 3.8) is 0 Å². The van der Waals surface area contributed by atoms with Gasteiger partial charge in [0.2, 0.25) is 11.8 Å². The maximum absolute atomic E-state index is 12.4. The Morgan fingerprint density at radius 3 is 2.50 bits per heavy atom. The first-order valence-electron chi connectivity index (χ1n) is 9.74. The quantitative estimate of drug-likeness (QED) is 0.678. The monoisotopic (exact) mass is 418 g/mol. The number of nitrogens with one attached hydrogen (secondary N) is 1. The number of carbonyl (C=O) groups is 2. The minimum Gasteiger partial charge on any atom is -0.493 e. The molecule has 0 unspecified atom stereocenters. The Morgan fingerprint density at radius 1 is 1.13 bits per heavy atom. The molecule has 0 aromatic heterocycles. The number of hydrogen-bond acceptors (Lipinski definition) is 4. The highest BCUT2D eigenvalue weighted by molar-refractivity contribution is 5.95. The summed E-state index contributed by atoms with van der Waals surface area (Å²) in [5.41, 5.74) is 2.54. The fraction of sp³-hybridized carbons (Fsp3) is 0.364. The molecule has 1 heterocycles. The Balaban J connectivity index is 1.47. The van der Waals surface area contributed by atoms with Gasteiger partial charge in [-0.1, -0.05) is 18.2 Å². The number of amides is 2. The van der Waals surface area contributed by atoms with Crippen LogP contribution in [0, 0.1) is 0 Å². The molecule has 1 N–H and O–H groups in total. The summed E-state index contributed by atoms with van der Waals surface area (Å²) in [6.07, 6.45) is 2.21. The van der Waals surface area contributed by atoms with Crippen LogP contribution in [-0.4, -0.2) is 38.6 Å². The molecule has 1 fully saturated rings. The Morgan fingerprint density at radius 2 is 1.87 bits per heavy atom. The highest BCUT2D eigenvalue weighted by atomic mass is 19.3. The van der Waals surface area contributed by atoms with E-state index in [-0.39, 0.29) is 29.7 Å². The van der Waals surface area contributed by atoms with Gasteiger partial charge in [-0.2, -0.15) is 8.78 Å². The van der Waals surface area contributed by atoms with Gasteiger partial charge in [0, 0.05) is 25.2 Å². The zero-order chi connectivity index (χ0) is 21.5. The van der Waals surface area contributed by atoms with Gasteiger partial charge < -0.3 is 19.7 Å². The highest BCUT2D eigenvalue weighted by Crippen LogP contribution is 2.29. The van der Waals surface area contributed by atoms with Crippen molar-refractivity contribution < 1.29 is 27.8 Å². The van der Waals surface area contributed by atoms with E-state index in [1.807, 2.05) is 24.3 Å². The average Bonchev–Trinajstić information content (AvgIpc) is 3.15. The number of benzene rings is 2. The lowest BCUT2D eigenvalue weighted by Crippen LogP contribution is -2.27. The summed E-state index contributed by atoms with van der Waals surface area (Å²) in [6, 6.07) is 12.1. The van der Waals surface area contributed by atoms with E-state index in [0.29, 0.717) is 19.4 Å². The van der Waals surface area contributed by atoms with Crippen molar-refractivity contribution in [3.8, 4) is 11.5 Å². The van der Waals surface area contributed by atoms with Crippen LogP contribution in [-0.2, 0) is 22.4 Å². The van der Waals surface area contributed by atoms with Crippen molar-refractivity contribution in [1.29, 1.82) is 0 Å². The summed E-state index contributed by atoms with van der Waals surface area (Å²) in [4.78, 5) is 25.7. The molecule has 1 saturated heterocycles. The number of anilines is 1. The van der Waals surface area contributed by atoms with Crippen molar-refractivity contribution in [2.24, 2.45) is 0 Å². The topological polar surface area (TPSA) is 67.9 Å². The molecule has 0 aliphatic carbocycles. The molecule has 30 heavy (non-hydrogen) atoms. The normalized spacial score (nSPS) is 13.6. The SMILES string of the molecule is COc1cc(CCNC(=O)Cc2ccc(N3CCCC3=O)cc2)ccc1OC(F)F. The summed E-state index contributed by atoms with van der Waals surface area (Å²) in [6.45, 7) is -1.79. The van der Waals surface area contributed by atoms with E-state index in [2.05, 4.69) is 10.1 Å². The zero-order valence-electron chi connectivity index (χ0n) is 16.7. The number of halogens is 2. The van der Waals surface area contributed by atoms with Gasteiger partial charge in [-0.3, -0.25) is 9.59 Å². The fourth-order valence-corrected chi connectivity index (χ4v) is 3.37. The van der Waals surface area contributed by atoms with Gasteiger partial charge in [0.15, 0.2) is 11.5 Å². The van der Waals surface area contributed by atoms with Crippen LogP contribution in [0.2, 0.25) is 0 Å². The maximum Gasteiger partial charge on any atom is 0.387 e. The number of nitrogens with zero attached hydrogens (tertiary/aromatic N) is 1. The zero-order valence-corrected chi connectivity index (χ0v) is 16.7. The average molecular weight is 418 g/mol. The molecule has 8 heteroatoms. The smallest absolute Gasteiger partial charge is 0.387 e. The Bertz CT molecular complexity index is 887. The molecule has 0 saturated carbocycles. The first-order chi connectivity index (χ1) is 14.5. The van der Waals surface area contributed by atoms with E-state index in [9.17, 15) is 18.4 Å². The van der Waals surface area contributed by atoms with E-state index >= 15 is 0 Å². The lowest BCUT2D eigenvalue weighted by molar-refractivity contribution is -0.120. The van der Waals surface area contributed by atoms with Gasteiger partial charge in [-0.05, 0) is 48.2 Å². The van der Waals surface area contributed by atoms with Gasteiger partial charge >= 0.3 is 6.61 Å². The molecule has 0 atom stereocenters. The number of rotatable bonds is 9. The first kappa shape index (κ1) is 21.5. The van der Waals surface area contributed by atoms with Gasteiger partial charge in [0.05, 0.1) is 13.5 Å². The van der Waals surface area contributed by atoms with Crippen molar-refractivity contribution in [1.82, 2.24) is 5.32 Å². The van der Waals surface area contributed by atoms with E-state index in [1.54, 1.807) is 17.0 Å². The highest BCUT2D eigenvalue weighted by Gasteiger charge is 2.21. The molecule has 2 aromatic carbocycles. The Kier molecular flexibility index (Phi) is 7.21. The van der Waals surface area contributed by atoms with Crippen molar-refractivity contribution >= 4 is 17.5 Å². The molecule has 2 amide bonds. The van der Waals surface area contributed by atoms with Gasteiger partial charge in [0.25, 0.3) is 0 Å². The molecule has 2 aromatic rings. The number of ether oxygens (including phenoxy) is 2. The van der Waals surface area contributed by atoms with Crippen LogP contribution in [0.1, 0.15) is 24.0 Å². The minimum absolute atomic E-state index is 0.0284. The maximum atomic E-state index is 12.4. The molecule has 6 nitrogen and oxygen atoms in total. The summed E-state index contributed by atoms with van der Waals surface area (Å²) in [7, 11) is 1.38. The molecule has 3 rings (SSSR count). The van der Waals surface area contributed by atoms with E-state index in [1.165, 1.54) is 13.2 Å². The first-order valence-corrected chi connectivity index (χ1v) is 9.74. The lowest BCUT2D eigenvalue weighted by atomic mass is 10.1. The molecule has 0 radical (unpaired) electrons. The predicted octanol–water partition coefficient (Wildman–Crippen LogP) is 3.32. The van der Waals surface area contributed by atoms with Gasteiger partial charge in [-0.25, -0.2) is 0 Å². The largest absolute Gasteiger partial charge is 0.493 e. The molecule has 1 aliphatic heterocycles. The van der Waals surface area contributed by atoms with Crippen molar-refractivity contribution in [2.45, 2.75) is 32.3 Å². The molecular weight excluding hydrogens is 394 g/mol. The lowest BCUT2D eigenvalue weighted by Gasteiger charge is -2.16. The van der Waals surface area contributed by atoms with E-state index < -0.39 is 6.61 Å². The Labute approximate surface area is 173 Å². The number of hydrogen-bond donors (Lipinski definition) is 1. The third-order valence-electron chi connectivity index (χ3n) is 4.87. The van der Waals surface area contributed by atoms with Crippen LogP contribution in [0.25, 0.3) is 0 Å². The van der Waals surface area contributed by atoms with Crippen LogP contribution in [0.3, 0.4) is 0 Å². The predicted molar refractivity (Wildman–Crippen MR) is 108 cm³/mol. The van der Waals surface area contributed by atoms with Crippen LogP contribution in [0.4, 0.5) is 14.5 Å². The number of alkyl halides is 2. The minimum atomic E-state index is -2.92. The van der Waals surface area contributed by atoms with Crippen LogP contribution in [0.5, 0.6) is 11.5 Å². The summed E-state index contributed by atoms with van der Waals surface area (Å²) >= 11 is 0. The molecule has 0 spiro atoms. The number of methoxy groups -OCH3 is 1. The molecule has 0 bridgehead atoms. The fourth-order valence-electron chi connectivity index (χ4n) is 3.37. The third kappa shape index (κ3) is 5.68. The summed E-state index contributed by atoms with van der Waals surface area (Å²) in [5.74, 6) is 0.200. The standard InChI is InChI=1S/C22H24F2N2O4/c1-29-19-13-16(6-9-18(19)30-22(23)24)10-11-25-20(27)14-15-4-7-17(8-5-15)26-12-2-3-21(26)28/h4-9,13,22H,2-3,10-12,14H2,1H3,(H,25,27). The van der Waals surface area contributed by atoms with E-state index in [4.69, 9.17) is 4.74 Å². The second kappa shape index (κ2) is 10.0. The van der Waals surface area contributed by atoms with Gasteiger partial charge in [-0.15, -0.1) is 0 Å². The second-order valence-electron chi connectivity index (χ2n) is 6.96. The second-order valence-corrected chi connectivity index (χ2v) is 6.96. The molecular formula is C22H24F2N2O4. The van der Waals surface area contributed by atoms with Crippen LogP contribution < -0.4 is 19.7 Å². The summed E-state index contributed by atoms with van der Waals surface area (Å²) < 4.78 is 34.2. The molecule has 1 aliphatic rings. The Hall–Kier alpha value is -3.16. The van der Waals surface area contributed by atoms with Crippen LogP contribution in [0.15, 0.2) is 42.5 Å². The van der Waals surface area contributed by atoms with Crippen molar-refractivity contribution in [2.75, 3.05) is 25.1 Å². The van der Waals surface area contributed by atoms with Gasteiger partial charge in [0.1, 0.15) is 0 Å². The molecule has 160 valence electrons. The third-order valence-corrected chi connectivity index (χ3v) is 4.87. The number of carbonyl (C=O) groups excluding carboxylic acids is 2. The van der Waals surface area contributed by atoms with Crippen molar-refractivity contribution in [3.05, 3.63) is 53.6 Å².